The lowest BCUT2D eigenvalue weighted by Crippen LogP contribution is -2.45. The van der Waals surface area contributed by atoms with Crippen molar-refractivity contribution in [1.29, 1.82) is 0 Å². The summed E-state index contributed by atoms with van der Waals surface area (Å²) in [5.74, 6) is 6.12. The maximum absolute atomic E-state index is 13.7. The van der Waals surface area contributed by atoms with E-state index >= 15 is 0 Å². The molecule has 0 saturated heterocycles. The van der Waals surface area contributed by atoms with Gasteiger partial charge in [-0.1, -0.05) is 42.3 Å². The van der Waals surface area contributed by atoms with Crippen LogP contribution in [-0.2, 0) is 4.79 Å². The summed E-state index contributed by atoms with van der Waals surface area (Å²) >= 11 is 0. The minimum atomic E-state index is -1.28. The Hall–Kier alpha value is -4.33. The third-order valence-electron chi connectivity index (χ3n) is 8.01. The first-order valence-electron chi connectivity index (χ1n) is 13.2. The number of hydrogen-bond acceptors (Lipinski definition) is 7. The van der Waals surface area contributed by atoms with Crippen molar-refractivity contribution < 1.29 is 19.4 Å². The molecule has 2 heterocycles. The highest BCUT2D eigenvalue weighted by atomic mass is 19.1. The SMILES string of the molecule is CNC(=O)C1(C)C[C@@H](n2cnc3c(NC4CC4c4ccccc4)nc(C#Cc4cccc(F)c4)nc32)[C@H](O)[C@@H]1O. The van der Waals surface area contributed by atoms with Crippen LogP contribution in [0.1, 0.15) is 48.7 Å². The Labute approximate surface area is 230 Å². The van der Waals surface area contributed by atoms with Crippen LogP contribution in [-0.4, -0.2) is 60.9 Å². The molecule has 2 saturated carbocycles. The van der Waals surface area contributed by atoms with Gasteiger partial charge >= 0.3 is 0 Å². The second kappa shape index (κ2) is 10.0. The lowest BCUT2D eigenvalue weighted by atomic mass is 9.85. The van der Waals surface area contributed by atoms with Gasteiger partial charge in [0.15, 0.2) is 17.0 Å². The molecule has 6 atom stereocenters. The summed E-state index contributed by atoms with van der Waals surface area (Å²) < 4.78 is 15.4. The molecule has 204 valence electrons. The number of carbonyl (C=O) groups is 1. The lowest BCUT2D eigenvalue weighted by molar-refractivity contribution is -0.136. The molecule has 2 aliphatic carbocycles. The summed E-state index contributed by atoms with van der Waals surface area (Å²) in [6.45, 7) is 1.63. The third kappa shape index (κ3) is 4.57. The van der Waals surface area contributed by atoms with E-state index in [9.17, 15) is 19.4 Å². The molecule has 40 heavy (non-hydrogen) atoms. The maximum atomic E-state index is 13.7. The fraction of sp³-hybridized carbons (Fsp3) is 0.333. The van der Waals surface area contributed by atoms with E-state index in [1.165, 1.54) is 24.7 Å². The third-order valence-corrected chi connectivity index (χ3v) is 8.01. The highest BCUT2D eigenvalue weighted by Gasteiger charge is 2.55. The zero-order valence-corrected chi connectivity index (χ0v) is 22.0. The number of rotatable bonds is 5. The van der Waals surface area contributed by atoms with Crippen LogP contribution in [0, 0.1) is 23.1 Å². The van der Waals surface area contributed by atoms with Crippen LogP contribution in [0.5, 0.6) is 0 Å². The Balaban J connectivity index is 1.39. The van der Waals surface area contributed by atoms with E-state index in [0.717, 1.165) is 6.42 Å². The summed E-state index contributed by atoms with van der Waals surface area (Å²) in [5.41, 5.74) is 1.42. The standard InChI is InChI=1S/C30H29FN6O3/c1-30(29(40)32-2)15-22(25(38)26(30)39)37-16-33-24-27(34-21-14-20(21)18-8-4-3-5-9-18)35-23(36-28(24)37)12-11-17-7-6-10-19(31)13-17/h3-10,13,16,20-22,25-26,38-39H,14-15H2,1-2H3,(H,32,40)(H,34,35,36)/t20?,21?,22-,25+,26+,30?/m1/s1. The monoisotopic (exact) mass is 540 g/mol. The summed E-state index contributed by atoms with van der Waals surface area (Å²) in [4.78, 5) is 26.5. The number of aliphatic hydroxyl groups excluding tert-OH is 2. The zero-order valence-electron chi connectivity index (χ0n) is 22.0. The van der Waals surface area contributed by atoms with Gasteiger partial charge in [0.1, 0.15) is 11.9 Å². The largest absolute Gasteiger partial charge is 0.389 e. The molecule has 4 N–H and O–H groups in total. The Morgan fingerprint density at radius 1 is 1.12 bits per heavy atom. The molecule has 0 aliphatic heterocycles. The minimum Gasteiger partial charge on any atom is -0.389 e. The topological polar surface area (TPSA) is 125 Å². The molecule has 0 radical (unpaired) electrons. The van der Waals surface area contributed by atoms with E-state index in [1.807, 2.05) is 18.2 Å². The number of fused-ring (bicyclic) bond motifs is 1. The number of benzene rings is 2. The predicted octanol–water partition coefficient (Wildman–Crippen LogP) is 2.75. The van der Waals surface area contributed by atoms with Crippen molar-refractivity contribution in [3.05, 3.63) is 83.7 Å². The van der Waals surface area contributed by atoms with E-state index in [-0.39, 0.29) is 24.2 Å². The van der Waals surface area contributed by atoms with Crippen molar-refractivity contribution in [1.82, 2.24) is 24.8 Å². The van der Waals surface area contributed by atoms with Gasteiger partial charge in [-0.25, -0.2) is 19.3 Å². The quantitative estimate of drug-likeness (QED) is 0.287. The second-order valence-electron chi connectivity index (χ2n) is 10.7. The first-order chi connectivity index (χ1) is 19.3. The van der Waals surface area contributed by atoms with E-state index in [1.54, 1.807) is 30.0 Å². The van der Waals surface area contributed by atoms with Crippen LogP contribution in [0.3, 0.4) is 0 Å². The van der Waals surface area contributed by atoms with Crippen molar-refractivity contribution in [2.75, 3.05) is 12.4 Å². The summed E-state index contributed by atoms with van der Waals surface area (Å²) in [7, 11) is 1.50. The average Bonchev–Trinajstić information content (AvgIpc) is 3.54. The first-order valence-corrected chi connectivity index (χ1v) is 13.2. The minimum absolute atomic E-state index is 0.144. The van der Waals surface area contributed by atoms with Gasteiger partial charge in [-0.2, -0.15) is 0 Å². The number of nitrogens with one attached hydrogen (secondary N) is 2. The van der Waals surface area contributed by atoms with Crippen LogP contribution >= 0.6 is 0 Å². The predicted molar refractivity (Wildman–Crippen MR) is 147 cm³/mol. The van der Waals surface area contributed by atoms with Crippen molar-refractivity contribution >= 4 is 22.9 Å². The first kappa shape index (κ1) is 25.9. The summed E-state index contributed by atoms with van der Waals surface area (Å²) in [6.07, 6.45) is 0.152. The second-order valence-corrected chi connectivity index (χ2v) is 10.7. The van der Waals surface area contributed by atoms with Gasteiger partial charge in [0.25, 0.3) is 0 Å². The smallest absolute Gasteiger partial charge is 0.228 e. The molecule has 0 bridgehead atoms. The van der Waals surface area contributed by atoms with Gasteiger partial charge in [-0.05, 0) is 49.4 Å². The van der Waals surface area contributed by atoms with Gasteiger partial charge in [0, 0.05) is 24.6 Å². The van der Waals surface area contributed by atoms with Crippen LogP contribution in [0.15, 0.2) is 60.9 Å². The van der Waals surface area contributed by atoms with Gasteiger partial charge < -0.3 is 25.4 Å². The fourth-order valence-electron chi connectivity index (χ4n) is 5.65. The maximum Gasteiger partial charge on any atom is 0.228 e. The Bertz CT molecular complexity index is 1650. The van der Waals surface area contributed by atoms with Gasteiger partial charge in [0.2, 0.25) is 11.7 Å². The number of amides is 1. The molecule has 2 fully saturated rings. The Kier molecular flexibility index (Phi) is 6.49. The lowest BCUT2D eigenvalue weighted by Gasteiger charge is -2.26. The van der Waals surface area contributed by atoms with Gasteiger partial charge in [-0.15, -0.1) is 0 Å². The normalized spacial score (nSPS) is 27.2. The van der Waals surface area contributed by atoms with Gasteiger partial charge in [0.05, 0.1) is 23.9 Å². The Morgan fingerprint density at radius 2 is 1.93 bits per heavy atom. The van der Waals surface area contributed by atoms with Crippen molar-refractivity contribution in [3.8, 4) is 11.8 Å². The fourth-order valence-corrected chi connectivity index (χ4v) is 5.65. The molecule has 0 spiro atoms. The number of aliphatic hydroxyl groups is 2. The number of halogens is 1. The molecule has 4 aromatic rings. The molecule has 2 aromatic heterocycles. The molecular formula is C30H29FN6O3. The highest BCUT2D eigenvalue weighted by molar-refractivity contribution is 5.85. The van der Waals surface area contributed by atoms with E-state index in [0.29, 0.717) is 28.5 Å². The highest BCUT2D eigenvalue weighted by Crippen LogP contribution is 2.46. The average molecular weight is 541 g/mol. The summed E-state index contributed by atoms with van der Waals surface area (Å²) in [5, 5.41) is 27.9. The molecule has 10 heteroatoms. The molecule has 1 amide bonds. The Morgan fingerprint density at radius 3 is 2.67 bits per heavy atom. The van der Waals surface area contributed by atoms with Crippen molar-refractivity contribution in [3.63, 3.8) is 0 Å². The van der Waals surface area contributed by atoms with E-state index in [4.69, 9.17) is 0 Å². The number of anilines is 1. The molecule has 2 aromatic carbocycles. The molecule has 9 nitrogen and oxygen atoms in total. The van der Waals surface area contributed by atoms with E-state index < -0.39 is 29.5 Å². The van der Waals surface area contributed by atoms with E-state index in [2.05, 4.69) is 49.6 Å². The van der Waals surface area contributed by atoms with Crippen molar-refractivity contribution in [2.24, 2.45) is 5.41 Å². The number of hydrogen-bond donors (Lipinski definition) is 4. The number of nitrogens with zero attached hydrogens (tertiary/aromatic N) is 4. The zero-order chi connectivity index (χ0) is 28.0. The number of carbonyl (C=O) groups excluding carboxylic acids is 1. The van der Waals surface area contributed by atoms with Gasteiger partial charge in [-0.3, -0.25) is 4.79 Å². The van der Waals surface area contributed by atoms with Crippen LogP contribution in [0.2, 0.25) is 0 Å². The molecule has 3 unspecified atom stereocenters. The molecule has 2 aliphatic rings. The number of aromatic nitrogens is 4. The van der Waals surface area contributed by atoms with Crippen LogP contribution in [0.25, 0.3) is 11.2 Å². The van der Waals surface area contributed by atoms with Crippen molar-refractivity contribution in [2.45, 2.75) is 50.0 Å². The van der Waals surface area contributed by atoms with Crippen LogP contribution < -0.4 is 10.6 Å². The number of imidazole rings is 1. The molecule has 6 rings (SSSR count). The van der Waals surface area contributed by atoms with Crippen LogP contribution in [0.4, 0.5) is 10.2 Å². The molecular weight excluding hydrogens is 511 g/mol. The summed E-state index contributed by atoms with van der Waals surface area (Å²) in [6, 6.07) is 15.7.